The van der Waals surface area contributed by atoms with Crippen LogP contribution in [0.3, 0.4) is 0 Å². The van der Waals surface area contributed by atoms with E-state index >= 15 is 0 Å². The van der Waals surface area contributed by atoms with Crippen LogP contribution in [0.2, 0.25) is 5.02 Å². The smallest absolute Gasteiger partial charge is 0.224 e. The number of nitrogens with zero attached hydrogens (tertiary/aromatic N) is 1. The Bertz CT molecular complexity index is 795. The second-order valence-electron chi connectivity index (χ2n) is 4.98. The van der Waals surface area contributed by atoms with Crippen molar-refractivity contribution in [3.8, 4) is 10.6 Å². The van der Waals surface area contributed by atoms with E-state index in [2.05, 4.69) is 16.4 Å². The second kappa shape index (κ2) is 6.46. The van der Waals surface area contributed by atoms with Crippen LogP contribution in [-0.4, -0.2) is 10.9 Å². The molecule has 0 aliphatic carbocycles. The van der Waals surface area contributed by atoms with E-state index in [1.165, 1.54) is 0 Å². The number of para-hydroxylation sites is 1. The Kier molecular flexibility index (Phi) is 4.41. The van der Waals surface area contributed by atoms with Crippen molar-refractivity contribution in [1.29, 1.82) is 0 Å². The molecule has 1 amide bonds. The number of aromatic nitrogens is 1. The maximum Gasteiger partial charge on any atom is 0.224 e. The lowest BCUT2D eigenvalue weighted by Gasteiger charge is -2.08. The van der Waals surface area contributed by atoms with Crippen molar-refractivity contribution in [2.75, 3.05) is 5.32 Å². The minimum atomic E-state index is -0.0224. The summed E-state index contributed by atoms with van der Waals surface area (Å²) in [5.74, 6) is -0.0224. The molecule has 0 fully saturated rings. The number of amides is 1. The molecule has 0 radical (unpaired) electrons. The SMILES string of the molecule is CCCC(=O)Nc1cc(-c2nc3ccccc3s2)ccc1Cl. The summed E-state index contributed by atoms with van der Waals surface area (Å²) >= 11 is 7.80. The molecule has 0 saturated heterocycles. The fraction of sp³-hybridized carbons (Fsp3) is 0.176. The molecule has 0 aliphatic heterocycles. The van der Waals surface area contributed by atoms with E-state index in [0.29, 0.717) is 17.1 Å². The van der Waals surface area contributed by atoms with Gasteiger partial charge in [-0.15, -0.1) is 11.3 Å². The largest absolute Gasteiger partial charge is 0.325 e. The molecule has 1 N–H and O–H groups in total. The van der Waals surface area contributed by atoms with E-state index in [-0.39, 0.29) is 5.91 Å². The number of hydrogen-bond acceptors (Lipinski definition) is 3. The monoisotopic (exact) mass is 330 g/mol. The van der Waals surface area contributed by atoms with Crippen LogP contribution in [0, 0.1) is 0 Å². The lowest BCUT2D eigenvalue weighted by molar-refractivity contribution is -0.116. The molecule has 22 heavy (non-hydrogen) atoms. The van der Waals surface area contributed by atoms with E-state index < -0.39 is 0 Å². The fourth-order valence-corrected chi connectivity index (χ4v) is 3.32. The maximum atomic E-state index is 11.8. The van der Waals surface area contributed by atoms with Crippen LogP contribution in [-0.2, 0) is 4.79 Å². The molecule has 0 spiro atoms. The normalized spacial score (nSPS) is 10.8. The van der Waals surface area contributed by atoms with Crippen LogP contribution in [0.1, 0.15) is 19.8 Å². The van der Waals surface area contributed by atoms with E-state index in [0.717, 1.165) is 27.2 Å². The quantitative estimate of drug-likeness (QED) is 0.700. The fourth-order valence-electron chi connectivity index (χ4n) is 2.19. The third-order valence-corrected chi connectivity index (χ3v) is 4.67. The zero-order chi connectivity index (χ0) is 15.5. The molecule has 1 aromatic heterocycles. The Hall–Kier alpha value is -1.91. The molecule has 112 valence electrons. The van der Waals surface area contributed by atoms with Gasteiger partial charge in [-0.2, -0.15) is 0 Å². The number of hydrogen-bond donors (Lipinski definition) is 1. The summed E-state index contributed by atoms with van der Waals surface area (Å²) < 4.78 is 1.14. The van der Waals surface area contributed by atoms with Crippen LogP contribution < -0.4 is 5.32 Å². The zero-order valence-corrected chi connectivity index (χ0v) is 13.7. The van der Waals surface area contributed by atoms with E-state index in [9.17, 15) is 4.79 Å². The molecule has 3 nitrogen and oxygen atoms in total. The number of nitrogens with one attached hydrogen (secondary N) is 1. The van der Waals surface area contributed by atoms with E-state index in [4.69, 9.17) is 11.6 Å². The van der Waals surface area contributed by atoms with E-state index in [1.54, 1.807) is 17.4 Å². The average Bonchev–Trinajstić information content (AvgIpc) is 2.93. The zero-order valence-electron chi connectivity index (χ0n) is 12.1. The first kappa shape index (κ1) is 15.0. The molecule has 2 aromatic carbocycles. The van der Waals surface area contributed by atoms with Crippen LogP contribution in [0.4, 0.5) is 5.69 Å². The highest BCUT2D eigenvalue weighted by molar-refractivity contribution is 7.21. The van der Waals surface area contributed by atoms with Gasteiger partial charge in [-0.05, 0) is 30.7 Å². The van der Waals surface area contributed by atoms with Crippen molar-refractivity contribution in [1.82, 2.24) is 4.98 Å². The van der Waals surface area contributed by atoms with Crippen molar-refractivity contribution < 1.29 is 4.79 Å². The third-order valence-electron chi connectivity index (χ3n) is 3.26. The highest BCUT2D eigenvalue weighted by Crippen LogP contribution is 2.33. The molecule has 0 atom stereocenters. The summed E-state index contributed by atoms with van der Waals surface area (Å²) in [7, 11) is 0. The summed E-state index contributed by atoms with van der Waals surface area (Å²) in [6, 6.07) is 13.6. The van der Waals surface area contributed by atoms with Gasteiger partial charge in [0, 0.05) is 12.0 Å². The first-order valence-corrected chi connectivity index (χ1v) is 8.32. The number of thiazole rings is 1. The van der Waals surface area contributed by atoms with Crippen molar-refractivity contribution in [2.45, 2.75) is 19.8 Å². The lowest BCUT2D eigenvalue weighted by atomic mass is 10.2. The average molecular weight is 331 g/mol. The molecule has 0 unspecified atom stereocenters. The number of benzene rings is 2. The van der Waals surface area contributed by atoms with Gasteiger partial charge in [-0.3, -0.25) is 4.79 Å². The number of rotatable bonds is 4. The highest BCUT2D eigenvalue weighted by Gasteiger charge is 2.10. The van der Waals surface area contributed by atoms with E-state index in [1.807, 2.05) is 37.3 Å². The van der Waals surface area contributed by atoms with Gasteiger partial charge in [0.2, 0.25) is 5.91 Å². The standard InChI is InChI=1S/C17H15ClN2OS/c1-2-5-16(21)19-14-10-11(8-9-12(14)18)17-20-13-6-3-4-7-15(13)22-17/h3-4,6-10H,2,5H2,1H3,(H,19,21). The minimum Gasteiger partial charge on any atom is -0.325 e. The van der Waals surface area contributed by atoms with Gasteiger partial charge in [0.15, 0.2) is 0 Å². The summed E-state index contributed by atoms with van der Waals surface area (Å²) in [6.45, 7) is 1.97. The third kappa shape index (κ3) is 3.13. The summed E-state index contributed by atoms with van der Waals surface area (Å²) in [4.78, 5) is 16.4. The Labute approximate surface area is 138 Å². The highest BCUT2D eigenvalue weighted by atomic mass is 35.5. The van der Waals surface area contributed by atoms with Crippen molar-refractivity contribution in [3.05, 3.63) is 47.5 Å². The summed E-state index contributed by atoms with van der Waals surface area (Å²) in [5, 5.41) is 4.32. The Morgan fingerprint density at radius 1 is 1.27 bits per heavy atom. The van der Waals surface area contributed by atoms with Gasteiger partial charge in [0.1, 0.15) is 5.01 Å². The predicted molar refractivity (Wildman–Crippen MR) is 93.6 cm³/mol. The summed E-state index contributed by atoms with van der Waals surface area (Å²) in [6.07, 6.45) is 1.29. The maximum absolute atomic E-state index is 11.8. The molecular weight excluding hydrogens is 316 g/mol. The topological polar surface area (TPSA) is 42.0 Å². The number of anilines is 1. The molecule has 5 heteroatoms. The van der Waals surface area contributed by atoms with Gasteiger partial charge in [0.05, 0.1) is 20.9 Å². The molecule has 3 rings (SSSR count). The van der Waals surface area contributed by atoms with Gasteiger partial charge in [0.25, 0.3) is 0 Å². The molecule has 0 saturated carbocycles. The lowest BCUT2D eigenvalue weighted by Crippen LogP contribution is -2.10. The van der Waals surface area contributed by atoms with Crippen molar-refractivity contribution >= 4 is 44.7 Å². The molecule has 3 aromatic rings. The Morgan fingerprint density at radius 2 is 2.09 bits per heavy atom. The molecule has 0 aliphatic rings. The van der Waals surface area contributed by atoms with Gasteiger partial charge < -0.3 is 5.32 Å². The number of fused-ring (bicyclic) bond motifs is 1. The van der Waals surface area contributed by atoms with Crippen molar-refractivity contribution in [3.63, 3.8) is 0 Å². The van der Waals surface area contributed by atoms with Crippen LogP contribution in [0.15, 0.2) is 42.5 Å². The summed E-state index contributed by atoms with van der Waals surface area (Å²) in [5.41, 5.74) is 2.57. The van der Waals surface area contributed by atoms with Gasteiger partial charge in [-0.1, -0.05) is 36.7 Å². The van der Waals surface area contributed by atoms with Crippen LogP contribution in [0.25, 0.3) is 20.8 Å². The minimum absolute atomic E-state index is 0.0224. The molecular formula is C17H15ClN2OS. The van der Waals surface area contributed by atoms with Gasteiger partial charge in [-0.25, -0.2) is 4.98 Å². The number of carbonyl (C=O) groups is 1. The first-order valence-electron chi connectivity index (χ1n) is 7.12. The first-order chi connectivity index (χ1) is 10.7. The predicted octanol–water partition coefficient (Wildman–Crippen LogP) is 5.36. The van der Waals surface area contributed by atoms with Gasteiger partial charge >= 0.3 is 0 Å². The number of carbonyl (C=O) groups excluding carboxylic acids is 1. The molecule has 1 heterocycles. The second-order valence-corrected chi connectivity index (χ2v) is 6.42. The van der Waals surface area contributed by atoms with Crippen molar-refractivity contribution in [2.24, 2.45) is 0 Å². The Morgan fingerprint density at radius 3 is 2.86 bits per heavy atom. The molecule has 0 bridgehead atoms. The number of halogens is 1. The van der Waals surface area contributed by atoms with Crippen LogP contribution in [0.5, 0.6) is 0 Å². The Balaban J connectivity index is 1.95. The van der Waals surface area contributed by atoms with Crippen LogP contribution >= 0.6 is 22.9 Å².